The van der Waals surface area contributed by atoms with Crippen LogP contribution in [-0.2, 0) is 9.47 Å². The minimum Gasteiger partial charge on any atom is -0.429 e. The Morgan fingerprint density at radius 2 is 2.00 bits per heavy atom. The fourth-order valence-electron chi connectivity index (χ4n) is 1.66. The second-order valence-corrected chi connectivity index (χ2v) is 4.36. The zero-order valence-electron chi connectivity index (χ0n) is 10.2. The molecule has 0 saturated heterocycles. The van der Waals surface area contributed by atoms with E-state index < -0.39 is 6.16 Å². The Kier molecular flexibility index (Phi) is 5.09. The number of hydrogen-bond donors (Lipinski definition) is 0. The molecule has 0 atom stereocenters. The van der Waals surface area contributed by atoms with E-state index in [4.69, 9.17) is 9.47 Å². The van der Waals surface area contributed by atoms with Crippen molar-refractivity contribution in [2.24, 2.45) is 0 Å². The molecule has 0 spiro atoms. The molecule has 90 valence electrons. The van der Waals surface area contributed by atoms with Crippen LogP contribution in [0.1, 0.15) is 46.0 Å². The molecule has 0 aromatic heterocycles. The first-order valence-electron chi connectivity index (χ1n) is 5.77. The fraction of sp³-hybridized carbons (Fsp3) is 0.615. The molecule has 0 fully saturated rings. The van der Waals surface area contributed by atoms with Crippen LogP contribution in [0.15, 0.2) is 23.5 Å². The van der Waals surface area contributed by atoms with Crippen molar-refractivity contribution in [2.45, 2.75) is 46.0 Å². The molecule has 0 N–H and O–H groups in total. The number of rotatable bonds is 3. The Hall–Kier alpha value is -1.25. The molecule has 0 saturated carbocycles. The lowest BCUT2D eigenvalue weighted by Crippen LogP contribution is -2.09. The van der Waals surface area contributed by atoms with E-state index >= 15 is 0 Å². The molecule has 1 rings (SSSR count). The maximum absolute atomic E-state index is 11.4. The molecular weight excluding hydrogens is 204 g/mol. The predicted molar refractivity (Wildman–Crippen MR) is 63.0 cm³/mol. The maximum atomic E-state index is 11.4. The van der Waals surface area contributed by atoms with Gasteiger partial charge in [-0.3, -0.25) is 0 Å². The summed E-state index contributed by atoms with van der Waals surface area (Å²) < 4.78 is 10.1. The summed E-state index contributed by atoms with van der Waals surface area (Å²) in [5.41, 5.74) is 1.98. The summed E-state index contributed by atoms with van der Waals surface area (Å²) in [5, 5.41) is 0. The average Bonchev–Trinajstić information content (AvgIpc) is 2.42. The summed E-state index contributed by atoms with van der Waals surface area (Å²) in [7, 11) is 0. The number of allylic oxidation sites excluding steroid dienone is 2. The number of hydrogen-bond acceptors (Lipinski definition) is 3. The monoisotopic (exact) mass is 224 g/mol. The number of carbonyl (C=O) groups is 1. The van der Waals surface area contributed by atoms with Crippen LogP contribution in [0.5, 0.6) is 0 Å². The third kappa shape index (κ3) is 4.51. The third-order valence-corrected chi connectivity index (χ3v) is 2.57. The fourth-order valence-corrected chi connectivity index (χ4v) is 1.66. The molecule has 1 aliphatic rings. The second kappa shape index (κ2) is 6.36. The molecule has 1 aliphatic carbocycles. The zero-order valence-corrected chi connectivity index (χ0v) is 10.2. The van der Waals surface area contributed by atoms with Crippen LogP contribution in [0.4, 0.5) is 4.79 Å². The second-order valence-electron chi connectivity index (χ2n) is 4.36. The van der Waals surface area contributed by atoms with Gasteiger partial charge in [-0.05, 0) is 44.3 Å². The van der Waals surface area contributed by atoms with Gasteiger partial charge < -0.3 is 9.47 Å². The normalized spacial score (nSPS) is 16.6. The van der Waals surface area contributed by atoms with Crippen molar-refractivity contribution in [1.29, 1.82) is 0 Å². The van der Waals surface area contributed by atoms with Crippen molar-refractivity contribution in [3.8, 4) is 0 Å². The van der Waals surface area contributed by atoms with Gasteiger partial charge in [-0.25, -0.2) is 4.79 Å². The Morgan fingerprint density at radius 3 is 2.69 bits per heavy atom. The highest BCUT2D eigenvalue weighted by molar-refractivity contribution is 5.61. The lowest BCUT2D eigenvalue weighted by Gasteiger charge is -2.10. The predicted octanol–water partition coefficient (Wildman–Crippen LogP) is 3.95. The smallest absolute Gasteiger partial charge is 0.429 e. The molecule has 0 aromatic carbocycles. The molecule has 0 bridgehead atoms. The van der Waals surface area contributed by atoms with Crippen molar-refractivity contribution in [1.82, 2.24) is 0 Å². The van der Waals surface area contributed by atoms with Crippen LogP contribution >= 0.6 is 0 Å². The van der Waals surface area contributed by atoms with Crippen molar-refractivity contribution in [3.05, 3.63) is 23.5 Å². The standard InChI is InChI=1S/C13H20O3/c1-10(2)9-15-13(14)16-12-8-6-4-5-7-11(12)3/h1,4-9H2,2-3H3. The van der Waals surface area contributed by atoms with Gasteiger partial charge in [0.1, 0.15) is 12.4 Å². The van der Waals surface area contributed by atoms with E-state index in [0.29, 0.717) is 0 Å². The van der Waals surface area contributed by atoms with Crippen molar-refractivity contribution >= 4 is 6.16 Å². The van der Waals surface area contributed by atoms with E-state index in [2.05, 4.69) is 6.58 Å². The molecule has 0 heterocycles. The topological polar surface area (TPSA) is 35.5 Å². The van der Waals surface area contributed by atoms with Crippen LogP contribution in [-0.4, -0.2) is 12.8 Å². The molecule has 0 unspecified atom stereocenters. The minimum absolute atomic E-state index is 0.227. The molecule has 0 aromatic rings. The third-order valence-electron chi connectivity index (χ3n) is 2.57. The highest BCUT2D eigenvalue weighted by Gasteiger charge is 2.14. The van der Waals surface area contributed by atoms with E-state index in [1.165, 1.54) is 18.4 Å². The van der Waals surface area contributed by atoms with Crippen molar-refractivity contribution in [2.75, 3.05) is 6.61 Å². The molecular formula is C13H20O3. The van der Waals surface area contributed by atoms with Gasteiger partial charge in [0.25, 0.3) is 0 Å². The van der Waals surface area contributed by atoms with Gasteiger partial charge in [0.05, 0.1) is 0 Å². The van der Waals surface area contributed by atoms with Gasteiger partial charge in [0.15, 0.2) is 0 Å². The van der Waals surface area contributed by atoms with Gasteiger partial charge in [-0.1, -0.05) is 13.0 Å². The maximum Gasteiger partial charge on any atom is 0.513 e. The lowest BCUT2D eigenvalue weighted by molar-refractivity contribution is 0.0814. The van der Waals surface area contributed by atoms with Crippen LogP contribution < -0.4 is 0 Å². The summed E-state index contributed by atoms with van der Waals surface area (Å²) >= 11 is 0. The lowest BCUT2D eigenvalue weighted by atomic mass is 10.1. The SMILES string of the molecule is C=C(C)COC(=O)OC1=C(C)CCCCC1. The van der Waals surface area contributed by atoms with Gasteiger partial charge in [0.2, 0.25) is 0 Å². The molecule has 16 heavy (non-hydrogen) atoms. The molecule has 0 radical (unpaired) electrons. The first kappa shape index (κ1) is 12.8. The summed E-state index contributed by atoms with van der Waals surface area (Å²) in [6.07, 6.45) is 4.71. The van der Waals surface area contributed by atoms with Crippen molar-refractivity contribution in [3.63, 3.8) is 0 Å². The Bertz CT molecular complexity index is 302. The average molecular weight is 224 g/mol. The summed E-state index contributed by atoms with van der Waals surface area (Å²) in [6, 6.07) is 0. The van der Waals surface area contributed by atoms with Gasteiger partial charge in [-0.15, -0.1) is 0 Å². The highest BCUT2D eigenvalue weighted by atomic mass is 16.7. The van der Waals surface area contributed by atoms with Crippen LogP contribution in [0, 0.1) is 0 Å². The Balaban J connectivity index is 2.45. The Morgan fingerprint density at radius 1 is 1.31 bits per heavy atom. The van der Waals surface area contributed by atoms with Crippen molar-refractivity contribution < 1.29 is 14.3 Å². The van der Waals surface area contributed by atoms with E-state index in [9.17, 15) is 4.79 Å². The number of ether oxygens (including phenoxy) is 2. The van der Waals surface area contributed by atoms with E-state index in [1.807, 2.05) is 13.8 Å². The molecule has 3 nitrogen and oxygen atoms in total. The van der Waals surface area contributed by atoms with Crippen LogP contribution in [0.2, 0.25) is 0 Å². The summed E-state index contributed by atoms with van der Waals surface area (Å²) in [6.45, 7) is 7.72. The quantitative estimate of drug-likeness (QED) is 0.537. The number of carbonyl (C=O) groups excluding carboxylic acids is 1. The molecule has 0 amide bonds. The largest absolute Gasteiger partial charge is 0.513 e. The van der Waals surface area contributed by atoms with E-state index in [1.54, 1.807) is 0 Å². The first-order valence-corrected chi connectivity index (χ1v) is 5.77. The highest BCUT2D eigenvalue weighted by Crippen LogP contribution is 2.24. The zero-order chi connectivity index (χ0) is 12.0. The van der Waals surface area contributed by atoms with Crippen LogP contribution in [0.3, 0.4) is 0 Å². The first-order chi connectivity index (χ1) is 7.59. The van der Waals surface area contributed by atoms with E-state index in [-0.39, 0.29) is 6.61 Å². The summed E-state index contributed by atoms with van der Waals surface area (Å²) in [5.74, 6) is 0.796. The Labute approximate surface area is 97.1 Å². The molecule has 3 heteroatoms. The van der Waals surface area contributed by atoms with Gasteiger partial charge >= 0.3 is 6.16 Å². The summed E-state index contributed by atoms with van der Waals surface area (Å²) in [4.78, 5) is 11.4. The van der Waals surface area contributed by atoms with Gasteiger partial charge in [-0.2, -0.15) is 0 Å². The van der Waals surface area contributed by atoms with Crippen LogP contribution in [0.25, 0.3) is 0 Å². The minimum atomic E-state index is -0.612. The van der Waals surface area contributed by atoms with Gasteiger partial charge in [0, 0.05) is 6.42 Å². The molecule has 0 aliphatic heterocycles. The van der Waals surface area contributed by atoms with E-state index in [0.717, 1.165) is 30.6 Å².